The number of allylic oxidation sites excluding steroid dienone is 3. The van der Waals surface area contributed by atoms with Gasteiger partial charge in [0.25, 0.3) is 0 Å². The third-order valence-electron chi connectivity index (χ3n) is 6.95. The van der Waals surface area contributed by atoms with Gasteiger partial charge in [0.1, 0.15) is 48.3 Å². The maximum atomic E-state index is 14.5. The lowest BCUT2D eigenvalue weighted by Gasteiger charge is -2.41. The van der Waals surface area contributed by atoms with Crippen molar-refractivity contribution in [2.75, 3.05) is 25.5 Å². The number of benzene rings is 1. The van der Waals surface area contributed by atoms with Gasteiger partial charge in [-0.1, -0.05) is 11.3 Å². The number of nitrogens with zero attached hydrogens (tertiary/aromatic N) is 6. The normalized spacial score (nSPS) is 27.2. The zero-order valence-electron chi connectivity index (χ0n) is 21.4. The Bertz CT molecular complexity index is 1380. The number of ether oxygens (including phenoxy) is 1. The van der Waals surface area contributed by atoms with Crippen LogP contribution in [0, 0.1) is 5.82 Å². The molecule has 39 heavy (non-hydrogen) atoms. The molecule has 1 unspecified atom stereocenters. The van der Waals surface area contributed by atoms with E-state index in [-0.39, 0.29) is 5.25 Å². The van der Waals surface area contributed by atoms with Crippen molar-refractivity contribution in [3.63, 3.8) is 0 Å². The third-order valence-corrected chi connectivity index (χ3v) is 7.41. The first-order chi connectivity index (χ1) is 18.9. The second-order valence-electron chi connectivity index (χ2n) is 9.34. The van der Waals surface area contributed by atoms with Crippen molar-refractivity contribution in [2.45, 2.75) is 49.1 Å². The number of aliphatic hydroxyl groups excluding tert-OH is 3. The fourth-order valence-electron chi connectivity index (χ4n) is 4.94. The van der Waals surface area contributed by atoms with Gasteiger partial charge in [0.2, 0.25) is 0 Å². The average Bonchev–Trinajstić information content (AvgIpc) is 3.61. The van der Waals surface area contributed by atoms with Crippen LogP contribution in [-0.2, 0) is 4.74 Å². The van der Waals surface area contributed by atoms with Crippen LogP contribution in [0.1, 0.15) is 31.3 Å². The first-order valence-electron chi connectivity index (χ1n) is 12.6. The maximum absolute atomic E-state index is 14.5. The van der Waals surface area contributed by atoms with Crippen molar-refractivity contribution in [1.82, 2.24) is 35.1 Å². The fraction of sp³-hybridized carbons (Fsp3) is 0.440. The minimum atomic E-state index is -1.34. The van der Waals surface area contributed by atoms with Gasteiger partial charge in [0.15, 0.2) is 5.82 Å². The monoisotopic (exact) mass is 558 g/mol. The molecule has 12 nitrogen and oxygen atoms in total. The second kappa shape index (κ2) is 11.4. The number of anilines is 1. The summed E-state index contributed by atoms with van der Waals surface area (Å²) in [6.45, 7) is 1.94. The van der Waals surface area contributed by atoms with E-state index in [0.29, 0.717) is 35.7 Å². The summed E-state index contributed by atoms with van der Waals surface area (Å²) in [7, 11) is 1.83. The van der Waals surface area contributed by atoms with Gasteiger partial charge in [0.05, 0.1) is 18.5 Å². The van der Waals surface area contributed by atoms with E-state index in [4.69, 9.17) is 4.74 Å². The zero-order chi connectivity index (χ0) is 27.7. The molecule has 0 amide bonds. The molecule has 0 bridgehead atoms. The van der Waals surface area contributed by atoms with Crippen LogP contribution in [0.25, 0.3) is 17.0 Å². The molecule has 208 valence electrons. The molecule has 2 aromatic heterocycles. The molecular formula is C25H31FN8O4S. The second-order valence-corrected chi connectivity index (χ2v) is 9.96. The van der Waals surface area contributed by atoms with E-state index >= 15 is 0 Å². The number of hydrogen-bond donors (Lipinski definition) is 6. The molecule has 0 spiro atoms. The Kier molecular flexibility index (Phi) is 8.00. The lowest BCUT2D eigenvalue weighted by atomic mass is 9.92. The summed E-state index contributed by atoms with van der Waals surface area (Å²) in [6.07, 6.45) is 2.41. The van der Waals surface area contributed by atoms with E-state index < -0.39 is 42.9 Å². The van der Waals surface area contributed by atoms with Crippen molar-refractivity contribution in [2.24, 2.45) is 0 Å². The van der Waals surface area contributed by atoms with Gasteiger partial charge in [-0.3, -0.25) is 0 Å². The molecule has 1 aliphatic heterocycles. The highest BCUT2D eigenvalue weighted by atomic mass is 32.1. The van der Waals surface area contributed by atoms with Crippen molar-refractivity contribution in [3.8, 4) is 11.3 Å². The Labute approximate surface area is 229 Å². The van der Waals surface area contributed by atoms with Crippen LogP contribution in [-0.4, -0.2) is 88.8 Å². The number of nitrogens with one attached hydrogen (secondary N) is 2. The SMILES string of the molecule is CCNc1ccc(-c2cn([C@H]3[C@@H](O)[C@@H](CO)O[C@@H](c4ncnn4C4=CC=C(NC)C(S)C4)[C@@H]3O)nn2)cc1F. The maximum Gasteiger partial charge on any atom is 0.163 e. The molecule has 3 aromatic rings. The van der Waals surface area contributed by atoms with Gasteiger partial charge in [-0.05, 0) is 31.2 Å². The molecule has 14 heteroatoms. The van der Waals surface area contributed by atoms with Gasteiger partial charge in [-0.15, -0.1) is 5.10 Å². The van der Waals surface area contributed by atoms with Crippen molar-refractivity contribution < 1.29 is 24.4 Å². The smallest absolute Gasteiger partial charge is 0.163 e. The zero-order valence-corrected chi connectivity index (χ0v) is 22.3. The Hall–Kier alpha value is -3.30. The largest absolute Gasteiger partial charge is 0.394 e. The van der Waals surface area contributed by atoms with Crippen molar-refractivity contribution in [1.29, 1.82) is 0 Å². The topological polar surface area (TPSA) is 155 Å². The molecule has 1 aliphatic carbocycles. The predicted octanol–water partition coefficient (Wildman–Crippen LogP) is 1.15. The van der Waals surface area contributed by atoms with E-state index in [1.807, 2.05) is 26.1 Å². The molecule has 0 saturated carbocycles. The third kappa shape index (κ3) is 5.17. The lowest BCUT2D eigenvalue weighted by molar-refractivity contribution is -0.210. The minimum Gasteiger partial charge on any atom is -0.394 e. The highest BCUT2D eigenvalue weighted by Crippen LogP contribution is 2.39. The number of thiol groups is 1. The summed E-state index contributed by atoms with van der Waals surface area (Å²) in [5, 5.41) is 51.0. The summed E-state index contributed by atoms with van der Waals surface area (Å²) in [5.41, 5.74) is 2.94. The van der Waals surface area contributed by atoms with Gasteiger partial charge in [0, 0.05) is 42.2 Å². The van der Waals surface area contributed by atoms with E-state index in [2.05, 4.69) is 43.7 Å². The van der Waals surface area contributed by atoms with Gasteiger partial charge >= 0.3 is 0 Å². The molecule has 0 radical (unpaired) electrons. The van der Waals surface area contributed by atoms with Crippen LogP contribution in [0.3, 0.4) is 0 Å². The van der Waals surface area contributed by atoms with Crippen LogP contribution in [0.4, 0.5) is 10.1 Å². The fourth-order valence-corrected chi connectivity index (χ4v) is 5.34. The Morgan fingerprint density at radius 2 is 2.05 bits per heavy atom. The first-order valence-corrected chi connectivity index (χ1v) is 13.1. The van der Waals surface area contributed by atoms with Crippen LogP contribution in [0.2, 0.25) is 0 Å². The van der Waals surface area contributed by atoms with Crippen LogP contribution in [0.15, 0.2) is 48.6 Å². The molecule has 6 atom stereocenters. The Morgan fingerprint density at radius 1 is 1.23 bits per heavy atom. The summed E-state index contributed by atoms with van der Waals surface area (Å²) in [4.78, 5) is 4.35. The van der Waals surface area contributed by atoms with Crippen molar-refractivity contribution in [3.05, 3.63) is 60.2 Å². The first kappa shape index (κ1) is 27.3. The quantitative estimate of drug-likeness (QED) is 0.222. The Morgan fingerprint density at radius 3 is 2.74 bits per heavy atom. The summed E-state index contributed by atoms with van der Waals surface area (Å²) in [6, 6.07) is 3.60. The number of aromatic nitrogens is 6. The molecule has 1 saturated heterocycles. The van der Waals surface area contributed by atoms with Gasteiger partial charge in [-0.2, -0.15) is 17.7 Å². The average molecular weight is 559 g/mol. The minimum absolute atomic E-state index is 0.0887. The van der Waals surface area contributed by atoms with E-state index in [0.717, 1.165) is 11.4 Å². The molecule has 2 aliphatic rings. The summed E-state index contributed by atoms with van der Waals surface area (Å²) >= 11 is 4.64. The molecule has 1 aromatic carbocycles. The van der Waals surface area contributed by atoms with E-state index in [1.54, 1.807) is 16.8 Å². The van der Waals surface area contributed by atoms with Gasteiger partial charge < -0.3 is 30.7 Å². The number of aliphatic hydroxyl groups is 3. The van der Waals surface area contributed by atoms with Gasteiger partial charge in [-0.25, -0.2) is 18.7 Å². The van der Waals surface area contributed by atoms with Crippen LogP contribution >= 0.6 is 12.6 Å². The highest BCUT2D eigenvalue weighted by molar-refractivity contribution is 7.81. The highest BCUT2D eigenvalue weighted by Gasteiger charge is 2.48. The van der Waals surface area contributed by atoms with E-state index in [9.17, 15) is 19.7 Å². The van der Waals surface area contributed by atoms with Crippen LogP contribution in [0.5, 0.6) is 0 Å². The predicted molar refractivity (Wildman–Crippen MR) is 144 cm³/mol. The standard InChI is InChI=1S/C25H31FN8O4S/c1-3-28-16-6-4-13(8-15(16)26)18-10-33(32-31-18)21-22(36)19(11-35)38-24(23(21)37)25-29-12-30-34(25)14-5-7-17(27-2)20(39)9-14/h4-8,10,12,19-24,27-28,35-37,39H,3,9,11H2,1-2H3/t19-,20?,21+,22+,23-,24-/m1/s1. The summed E-state index contributed by atoms with van der Waals surface area (Å²) < 4.78 is 23.3. The van der Waals surface area contributed by atoms with Crippen molar-refractivity contribution >= 4 is 24.0 Å². The number of rotatable bonds is 8. The lowest BCUT2D eigenvalue weighted by Crippen LogP contribution is -2.53. The number of halogens is 1. The molecular weight excluding hydrogens is 527 g/mol. The van der Waals surface area contributed by atoms with E-state index in [1.165, 1.54) is 23.3 Å². The molecule has 1 fully saturated rings. The summed E-state index contributed by atoms with van der Waals surface area (Å²) in [5.74, 6) is -0.140. The molecule has 5 N–H and O–H groups in total. The van der Waals surface area contributed by atoms with Crippen LogP contribution < -0.4 is 10.6 Å². The number of hydrogen-bond acceptors (Lipinski definition) is 11. The Balaban J connectivity index is 1.46. The molecule has 5 rings (SSSR count). The molecule has 3 heterocycles.